The summed E-state index contributed by atoms with van der Waals surface area (Å²) in [5.41, 5.74) is 3.28. The largest absolute Gasteiger partial charge is 0.372 e. The Balaban J connectivity index is 1.70. The Labute approximate surface area is 100 Å². The standard InChI is InChI=1S/C13H16N2O2/c16-13(12-2-1-5-14-12)15-11-4-3-9-7-17-8-10(9)6-11/h3-4,6,12,14H,1-2,5,7-8H2,(H,15,16). The molecule has 1 aromatic carbocycles. The van der Waals surface area contributed by atoms with Crippen molar-refractivity contribution in [3.05, 3.63) is 29.3 Å². The molecule has 1 unspecified atom stereocenters. The van der Waals surface area contributed by atoms with Crippen molar-refractivity contribution < 1.29 is 9.53 Å². The second kappa shape index (κ2) is 4.47. The normalized spacial score (nSPS) is 22.5. The third kappa shape index (κ3) is 2.18. The van der Waals surface area contributed by atoms with Gasteiger partial charge in [-0.1, -0.05) is 6.07 Å². The molecule has 2 aliphatic rings. The molecular formula is C13H16N2O2. The van der Waals surface area contributed by atoms with Crippen LogP contribution in [0, 0.1) is 0 Å². The van der Waals surface area contributed by atoms with E-state index in [0.717, 1.165) is 25.1 Å². The lowest BCUT2D eigenvalue weighted by Gasteiger charge is -2.11. The van der Waals surface area contributed by atoms with Crippen LogP contribution in [0.15, 0.2) is 18.2 Å². The Bertz CT molecular complexity index is 439. The number of amides is 1. The average Bonchev–Trinajstić information content (AvgIpc) is 2.99. The van der Waals surface area contributed by atoms with Crippen molar-refractivity contribution in [2.75, 3.05) is 11.9 Å². The maximum absolute atomic E-state index is 11.9. The topological polar surface area (TPSA) is 50.4 Å². The molecule has 4 heteroatoms. The van der Waals surface area contributed by atoms with E-state index in [2.05, 4.69) is 10.6 Å². The van der Waals surface area contributed by atoms with Crippen LogP contribution < -0.4 is 10.6 Å². The zero-order chi connectivity index (χ0) is 11.7. The number of carbonyl (C=O) groups excluding carboxylic acids is 1. The van der Waals surface area contributed by atoms with Gasteiger partial charge in [0, 0.05) is 5.69 Å². The maximum Gasteiger partial charge on any atom is 0.241 e. The van der Waals surface area contributed by atoms with Crippen LogP contribution in [0.3, 0.4) is 0 Å². The summed E-state index contributed by atoms with van der Waals surface area (Å²) in [4.78, 5) is 11.9. The quantitative estimate of drug-likeness (QED) is 0.810. The van der Waals surface area contributed by atoms with E-state index in [-0.39, 0.29) is 11.9 Å². The van der Waals surface area contributed by atoms with Gasteiger partial charge in [0.05, 0.1) is 19.3 Å². The average molecular weight is 232 g/mol. The molecule has 2 heterocycles. The van der Waals surface area contributed by atoms with Crippen molar-refractivity contribution >= 4 is 11.6 Å². The molecule has 4 nitrogen and oxygen atoms in total. The minimum Gasteiger partial charge on any atom is -0.372 e. The lowest BCUT2D eigenvalue weighted by molar-refractivity contribution is -0.117. The van der Waals surface area contributed by atoms with Crippen LogP contribution in [-0.4, -0.2) is 18.5 Å². The highest BCUT2D eigenvalue weighted by Gasteiger charge is 2.22. The molecular weight excluding hydrogens is 216 g/mol. The molecule has 1 aromatic rings. The molecule has 2 N–H and O–H groups in total. The Hall–Kier alpha value is -1.39. The zero-order valence-electron chi connectivity index (χ0n) is 9.66. The lowest BCUT2D eigenvalue weighted by atomic mass is 10.1. The SMILES string of the molecule is O=C(Nc1ccc2c(c1)COC2)C1CCCN1. The molecule has 3 rings (SSSR count). The van der Waals surface area contributed by atoms with E-state index in [1.807, 2.05) is 18.2 Å². The summed E-state index contributed by atoms with van der Waals surface area (Å²) in [6.45, 7) is 2.28. The first-order valence-corrected chi connectivity index (χ1v) is 6.07. The van der Waals surface area contributed by atoms with Gasteiger partial charge in [-0.05, 0) is 42.6 Å². The van der Waals surface area contributed by atoms with Gasteiger partial charge >= 0.3 is 0 Å². The van der Waals surface area contributed by atoms with E-state index < -0.39 is 0 Å². The summed E-state index contributed by atoms with van der Waals surface area (Å²) >= 11 is 0. The number of nitrogens with one attached hydrogen (secondary N) is 2. The number of fused-ring (bicyclic) bond motifs is 1. The van der Waals surface area contributed by atoms with Gasteiger partial charge in [-0.3, -0.25) is 4.79 Å². The van der Waals surface area contributed by atoms with Crippen LogP contribution in [0.2, 0.25) is 0 Å². The predicted molar refractivity (Wildman–Crippen MR) is 64.6 cm³/mol. The molecule has 1 saturated heterocycles. The van der Waals surface area contributed by atoms with Crippen LogP contribution >= 0.6 is 0 Å². The summed E-state index contributed by atoms with van der Waals surface area (Å²) < 4.78 is 5.35. The predicted octanol–water partition coefficient (Wildman–Crippen LogP) is 1.41. The summed E-state index contributed by atoms with van der Waals surface area (Å²) in [6, 6.07) is 5.95. The lowest BCUT2D eigenvalue weighted by Crippen LogP contribution is -2.35. The van der Waals surface area contributed by atoms with Gasteiger partial charge in [-0.25, -0.2) is 0 Å². The van der Waals surface area contributed by atoms with Crippen LogP contribution in [0.4, 0.5) is 5.69 Å². The fourth-order valence-corrected chi connectivity index (χ4v) is 2.39. The first kappa shape index (κ1) is 10.7. The van der Waals surface area contributed by atoms with Crippen molar-refractivity contribution in [3.8, 4) is 0 Å². The van der Waals surface area contributed by atoms with Crippen molar-refractivity contribution in [1.29, 1.82) is 0 Å². The van der Waals surface area contributed by atoms with E-state index in [9.17, 15) is 4.79 Å². The number of carbonyl (C=O) groups is 1. The number of ether oxygens (including phenoxy) is 1. The number of rotatable bonds is 2. The minimum atomic E-state index is -0.0282. The van der Waals surface area contributed by atoms with Gasteiger partial charge in [-0.15, -0.1) is 0 Å². The van der Waals surface area contributed by atoms with Crippen LogP contribution in [0.1, 0.15) is 24.0 Å². The first-order chi connectivity index (χ1) is 8.33. The van der Waals surface area contributed by atoms with Crippen LogP contribution in [0.25, 0.3) is 0 Å². The highest BCUT2D eigenvalue weighted by Crippen LogP contribution is 2.23. The van der Waals surface area contributed by atoms with Crippen molar-refractivity contribution in [3.63, 3.8) is 0 Å². The molecule has 2 aliphatic heterocycles. The Morgan fingerprint density at radius 2 is 2.24 bits per heavy atom. The molecule has 17 heavy (non-hydrogen) atoms. The monoisotopic (exact) mass is 232 g/mol. The third-order valence-electron chi connectivity index (χ3n) is 3.37. The zero-order valence-corrected chi connectivity index (χ0v) is 9.66. The molecule has 0 bridgehead atoms. The molecule has 0 aromatic heterocycles. The smallest absolute Gasteiger partial charge is 0.241 e. The van der Waals surface area contributed by atoms with Crippen molar-refractivity contribution in [2.45, 2.75) is 32.1 Å². The number of benzene rings is 1. The van der Waals surface area contributed by atoms with E-state index in [4.69, 9.17) is 4.74 Å². The number of hydrogen-bond acceptors (Lipinski definition) is 3. The second-order valence-electron chi connectivity index (χ2n) is 4.61. The van der Waals surface area contributed by atoms with E-state index in [1.165, 1.54) is 11.1 Å². The van der Waals surface area contributed by atoms with Crippen molar-refractivity contribution in [1.82, 2.24) is 5.32 Å². The minimum absolute atomic E-state index is 0.0282. The third-order valence-corrected chi connectivity index (χ3v) is 3.37. The molecule has 0 radical (unpaired) electrons. The van der Waals surface area contributed by atoms with Crippen LogP contribution in [0.5, 0.6) is 0 Å². The molecule has 1 atom stereocenters. The van der Waals surface area contributed by atoms with Gasteiger partial charge in [0.2, 0.25) is 5.91 Å². The Kier molecular flexibility index (Phi) is 2.82. The van der Waals surface area contributed by atoms with Gasteiger partial charge in [0.1, 0.15) is 0 Å². The number of anilines is 1. The highest BCUT2D eigenvalue weighted by atomic mass is 16.5. The van der Waals surface area contributed by atoms with Gasteiger partial charge in [0.15, 0.2) is 0 Å². The fraction of sp³-hybridized carbons (Fsp3) is 0.462. The highest BCUT2D eigenvalue weighted by molar-refractivity contribution is 5.95. The second-order valence-corrected chi connectivity index (χ2v) is 4.61. The van der Waals surface area contributed by atoms with Gasteiger partial charge in [0.25, 0.3) is 0 Å². The van der Waals surface area contributed by atoms with E-state index in [0.29, 0.717) is 13.2 Å². The number of hydrogen-bond donors (Lipinski definition) is 2. The molecule has 0 aliphatic carbocycles. The summed E-state index contributed by atoms with van der Waals surface area (Å²) in [7, 11) is 0. The Morgan fingerprint density at radius 1 is 1.35 bits per heavy atom. The summed E-state index contributed by atoms with van der Waals surface area (Å²) in [5.74, 6) is 0.0707. The van der Waals surface area contributed by atoms with Crippen molar-refractivity contribution in [2.24, 2.45) is 0 Å². The molecule has 1 amide bonds. The van der Waals surface area contributed by atoms with E-state index in [1.54, 1.807) is 0 Å². The molecule has 0 saturated carbocycles. The van der Waals surface area contributed by atoms with Gasteiger partial charge < -0.3 is 15.4 Å². The molecule has 1 fully saturated rings. The molecule has 90 valence electrons. The fourth-order valence-electron chi connectivity index (χ4n) is 2.39. The summed E-state index contributed by atoms with van der Waals surface area (Å²) in [6.07, 6.45) is 2.01. The molecule has 0 spiro atoms. The maximum atomic E-state index is 11.9. The van der Waals surface area contributed by atoms with Crippen LogP contribution in [-0.2, 0) is 22.7 Å². The van der Waals surface area contributed by atoms with Gasteiger partial charge in [-0.2, -0.15) is 0 Å². The Morgan fingerprint density at radius 3 is 3.06 bits per heavy atom. The van der Waals surface area contributed by atoms with E-state index >= 15 is 0 Å². The summed E-state index contributed by atoms with van der Waals surface area (Å²) in [5, 5.41) is 6.15. The first-order valence-electron chi connectivity index (χ1n) is 6.07.